The first-order valence-corrected chi connectivity index (χ1v) is 19.4. The number of hydrogen-bond donors (Lipinski definition) is 7. The molecule has 13 nitrogen and oxygen atoms in total. The van der Waals surface area contributed by atoms with Gasteiger partial charge >= 0.3 is 0 Å². The average molecular weight is 725 g/mol. The van der Waals surface area contributed by atoms with E-state index in [2.05, 4.69) is 26.8 Å². The van der Waals surface area contributed by atoms with Gasteiger partial charge in [0.2, 0.25) is 0 Å². The Balaban J connectivity index is 1.04. The highest BCUT2D eigenvalue weighted by atomic mass is 16.8. The van der Waals surface area contributed by atoms with Crippen molar-refractivity contribution >= 4 is 0 Å². The summed E-state index contributed by atoms with van der Waals surface area (Å²) in [5, 5.41) is 75.0. The zero-order valence-corrected chi connectivity index (χ0v) is 30.5. The Morgan fingerprint density at radius 1 is 0.824 bits per heavy atom. The number of aliphatic hydroxyl groups excluding tert-OH is 7. The minimum atomic E-state index is -1.62. The van der Waals surface area contributed by atoms with Crippen molar-refractivity contribution in [1.29, 1.82) is 0 Å². The molecule has 8 aliphatic rings. The number of fused-ring (bicyclic) bond motifs is 7. The van der Waals surface area contributed by atoms with Gasteiger partial charge in [-0.15, -0.1) is 0 Å². The van der Waals surface area contributed by atoms with Gasteiger partial charge in [0.15, 0.2) is 18.4 Å². The SMILES string of the molecule is C[C@@H]1O[C@@H](O[C@H]2[C@@H](O[C@@H]3C[C@H](O)CC4=CC[C@H]5[C@@H]6C[C@@H]7O[C@]8(C[C@H](O)[C@@H](C)CO8)[C@@H](C)[C@@H]7[C@@]6(C)CC[C@@H]5[C@]43C)OC[C@@H](O)[C@H]2O)[C@@H](O)[C@H](O)[C@H]1O. The van der Waals surface area contributed by atoms with E-state index in [0.29, 0.717) is 43.6 Å². The average Bonchev–Trinajstić information content (AvgIpc) is 3.53. The maximum Gasteiger partial charge on any atom is 0.187 e. The Morgan fingerprint density at radius 2 is 1.59 bits per heavy atom. The molecule has 0 amide bonds. The number of ether oxygens (including phenoxy) is 6. The van der Waals surface area contributed by atoms with Gasteiger partial charge in [0.1, 0.15) is 36.6 Å². The smallest absolute Gasteiger partial charge is 0.187 e. The molecular weight excluding hydrogens is 664 g/mol. The molecule has 0 radical (unpaired) electrons. The fraction of sp³-hybridized carbons (Fsp3) is 0.947. The summed E-state index contributed by atoms with van der Waals surface area (Å²) in [4.78, 5) is 0. The summed E-state index contributed by atoms with van der Waals surface area (Å²) in [6, 6.07) is 0. The maximum atomic E-state index is 11.1. The van der Waals surface area contributed by atoms with E-state index < -0.39 is 84.8 Å². The third-order valence-corrected chi connectivity index (χ3v) is 15.4. The van der Waals surface area contributed by atoms with Crippen LogP contribution in [0.3, 0.4) is 0 Å². The Hall–Kier alpha value is -0.780. The van der Waals surface area contributed by atoms with Gasteiger partial charge < -0.3 is 64.2 Å². The van der Waals surface area contributed by atoms with Crippen LogP contribution >= 0.6 is 0 Å². The highest BCUT2D eigenvalue weighted by Crippen LogP contribution is 2.71. The largest absolute Gasteiger partial charge is 0.393 e. The monoisotopic (exact) mass is 724 g/mol. The van der Waals surface area contributed by atoms with Crippen LogP contribution in [0.15, 0.2) is 11.6 Å². The van der Waals surface area contributed by atoms with E-state index >= 15 is 0 Å². The van der Waals surface area contributed by atoms with Crippen LogP contribution < -0.4 is 0 Å². The molecule has 0 aromatic carbocycles. The molecule has 7 fully saturated rings. The standard InChI is InChI=1S/C38H60O13/c1-16-14-47-38(13-24(16)40)17(2)28-26(51-38)12-23-21-7-6-19-10-20(39)11-27(37(19,5)22(21)8-9-36(23,28)4)49-35-33(30(43)25(41)15-46-35)50-34-32(45)31(44)29(42)18(3)48-34/h6,16-18,20-35,39-45H,7-15H2,1-5H3/t16-,17-,18-,20+,21+,22-,23-,24-,25+,26-,27+,28-,29-,30+,31+,32-,33+,34-,35+,36-,37-,38+/m0/s1. The Bertz CT molecular complexity index is 1330. The lowest BCUT2D eigenvalue weighted by molar-refractivity contribution is -0.362. The molecule has 0 aromatic rings. The molecule has 3 saturated carbocycles. The first kappa shape index (κ1) is 37.2. The zero-order valence-electron chi connectivity index (χ0n) is 30.5. The first-order chi connectivity index (χ1) is 24.1. The minimum absolute atomic E-state index is 0.0418. The van der Waals surface area contributed by atoms with Crippen molar-refractivity contribution in [2.75, 3.05) is 13.2 Å². The quantitative estimate of drug-likeness (QED) is 0.203. The van der Waals surface area contributed by atoms with E-state index in [9.17, 15) is 35.7 Å². The second-order valence-corrected chi connectivity index (χ2v) is 18.0. The fourth-order valence-electron chi connectivity index (χ4n) is 12.4. The summed E-state index contributed by atoms with van der Waals surface area (Å²) < 4.78 is 37.8. The van der Waals surface area contributed by atoms with Crippen molar-refractivity contribution in [3.8, 4) is 0 Å². The summed E-state index contributed by atoms with van der Waals surface area (Å²) in [7, 11) is 0. The normalized spacial score (nSPS) is 59.8. The van der Waals surface area contributed by atoms with Crippen LogP contribution in [-0.4, -0.2) is 134 Å². The molecule has 4 saturated heterocycles. The lowest BCUT2D eigenvalue weighted by Gasteiger charge is -2.60. The third kappa shape index (κ3) is 5.66. The van der Waals surface area contributed by atoms with Crippen LogP contribution in [0.5, 0.6) is 0 Å². The van der Waals surface area contributed by atoms with E-state index in [1.165, 1.54) is 12.5 Å². The van der Waals surface area contributed by atoms with Crippen LogP contribution in [0.2, 0.25) is 0 Å². The summed E-state index contributed by atoms with van der Waals surface area (Å²) in [5.74, 6) is 0.859. The van der Waals surface area contributed by atoms with Gasteiger partial charge in [-0.25, -0.2) is 0 Å². The first-order valence-electron chi connectivity index (χ1n) is 19.4. The van der Waals surface area contributed by atoms with Gasteiger partial charge in [0.05, 0.1) is 43.7 Å². The van der Waals surface area contributed by atoms with Gasteiger partial charge in [0.25, 0.3) is 0 Å². The molecule has 290 valence electrons. The summed E-state index contributed by atoms with van der Waals surface area (Å²) in [5.41, 5.74) is 0.759. The molecule has 22 atom stereocenters. The lowest BCUT2D eigenvalue weighted by Crippen LogP contribution is -2.63. The molecule has 0 bridgehead atoms. The van der Waals surface area contributed by atoms with Crippen LogP contribution in [0, 0.1) is 46.3 Å². The van der Waals surface area contributed by atoms with Crippen LogP contribution in [0.25, 0.3) is 0 Å². The molecule has 4 aliphatic heterocycles. The molecule has 4 aliphatic carbocycles. The molecule has 51 heavy (non-hydrogen) atoms. The molecule has 7 N–H and O–H groups in total. The summed E-state index contributed by atoms with van der Waals surface area (Å²) >= 11 is 0. The van der Waals surface area contributed by atoms with Crippen molar-refractivity contribution < 1.29 is 64.2 Å². The number of aliphatic hydroxyl groups is 7. The van der Waals surface area contributed by atoms with E-state index in [-0.39, 0.29) is 35.9 Å². The van der Waals surface area contributed by atoms with Gasteiger partial charge in [-0.05, 0) is 68.1 Å². The second kappa shape index (κ2) is 13.2. The Morgan fingerprint density at radius 3 is 2.33 bits per heavy atom. The predicted octanol–water partition coefficient (Wildman–Crippen LogP) is 0.971. The molecule has 4 heterocycles. The van der Waals surface area contributed by atoms with Crippen molar-refractivity contribution in [1.82, 2.24) is 0 Å². The Kier molecular flexibility index (Phi) is 9.60. The molecule has 1 spiro atoms. The van der Waals surface area contributed by atoms with Crippen molar-refractivity contribution in [2.45, 2.75) is 165 Å². The topological polar surface area (TPSA) is 197 Å². The van der Waals surface area contributed by atoms with Gasteiger partial charge in [-0.3, -0.25) is 0 Å². The number of rotatable bonds is 4. The zero-order chi connectivity index (χ0) is 36.4. The summed E-state index contributed by atoms with van der Waals surface area (Å²) in [6.45, 7) is 10.8. The summed E-state index contributed by atoms with van der Waals surface area (Å²) in [6.07, 6.45) is -5.94. The molecule has 0 aromatic heterocycles. The van der Waals surface area contributed by atoms with Gasteiger partial charge in [-0.2, -0.15) is 0 Å². The van der Waals surface area contributed by atoms with E-state index in [1.54, 1.807) is 0 Å². The van der Waals surface area contributed by atoms with Gasteiger partial charge in [-0.1, -0.05) is 39.3 Å². The van der Waals surface area contributed by atoms with E-state index in [0.717, 1.165) is 25.7 Å². The molecular formula is C38H60O13. The number of allylic oxidation sites excluding steroid dienone is 1. The maximum absolute atomic E-state index is 11.1. The van der Waals surface area contributed by atoms with Crippen LogP contribution in [-0.2, 0) is 28.4 Å². The highest BCUT2D eigenvalue weighted by molar-refractivity contribution is 5.29. The predicted molar refractivity (Wildman–Crippen MR) is 178 cm³/mol. The second-order valence-electron chi connectivity index (χ2n) is 18.0. The van der Waals surface area contributed by atoms with Crippen molar-refractivity contribution in [2.24, 2.45) is 46.3 Å². The van der Waals surface area contributed by atoms with Gasteiger partial charge in [0, 0.05) is 30.1 Å². The van der Waals surface area contributed by atoms with Crippen molar-refractivity contribution in [3.05, 3.63) is 11.6 Å². The molecule has 13 heteroatoms. The van der Waals surface area contributed by atoms with E-state index in [1.807, 2.05) is 6.92 Å². The lowest BCUT2D eigenvalue weighted by atomic mass is 9.46. The van der Waals surface area contributed by atoms with Crippen LogP contribution in [0.1, 0.15) is 79.6 Å². The minimum Gasteiger partial charge on any atom is -0.393 e. The van der Waals surface area contributed by atoms with E-state index in [4.69, 9.17) is 28.4 Å². The highest BCUT2D eigenvalue weighted by Gasteiger charge is 2.70. The number of hydrogen-bond acceptors (Lipinski definition) is 13. The molecule has 8 rings (SSSR count). The van der Waals surface area contributed by atoms with Crippen LogP contribution in [0.4, 0.5) is 0 Å². The Labute approximate surface area is 300 Å². The third-order valence-electron chi connectivity index (χ3n) is 15.4. The van der Waals surface area contributed by atoms with Crippen molar-refractivity contribution in [3.63, 3.8) is 0 Å². The fourth-order valence-corrected chi connectivity index (χ4v) is 12.4. The molecule has 0 unspecified atom stereocenters.